The summed E-state index contributed by atoms with van der Waals surface area (Å²) in [5.74, 6) is -1.52. The van der Waals surface area contributed by atoms with Crippen molar-refractivity contribution >= 4 is 11.9 Å². The van der Waals surface area contributed by atoms with E-state index in [0.717, 1.165) is 5.56 Å². The minimum absolute atomic E-state index is 0.0105. The van der Waals surface area contributed by atoms with E-state index >= 15 is 0 Å². The Balaban J connectivity index is 2.10. The lowest BCUT2D eigenvalue weighted by Gasteiger charge is -2.15. The number of aryl methyl sites for hydroxylation is 1. The molecule has 0 bridgehead atoms. The smallest absolute Gasteiger partial charge is 0.330 e. The number of nitrogens with zero attached hydrogens (tertiary/aromatic N) is 2. The van der Waals surface area contributed by atoms with E-state index in [2.05, 4.69) is 15.3 Å². The fraction of sp³-hybridized carbons (Fsp3) is 0.200. The maximum Gasteiger partial charge on any atom is 0.330 e. The number of nitrogens with one attached hydrogen (secondary N) is 1. The van der Waals surface area contributed by atoms with Crippen molar-refractivity contribution in [3.8, 4) is 0 Å². The molecular weight excluding hydrogens is 270 g/mol. The Kier molecular flexibility index (Phi) is 4.61. The van der Waals surface area contributed by atoms with Crippen molar-refractivity contribution < 1.29 is 14.7 Å². The third-order valence-corrected chi connectivity index (χ3v) is 2.89. The first kappa shape index (κ1) is 14.6. The Labute approximate surface area is 121 Å². The minimum atomic E-state index is -1.10. The summed E-state index contributed by atoms with van der Waals surface area (Å²) in [4.78, 5) is 31.1. The standard InChI is InChI=1S/C15H15N3O3/c1-10-3-2-4-11(7-10)14(15(20)21)18-13(19)8-12-9-16-5-6-17-12/h2-7,9,14H,8H2,1H3,(H,18,19)(H,20,21)/t14-/m0/s1. The Morgan fingerprint density at radius 1 is 1.33 bits per heavy atom. The molecular formula is C15H15N3O3. The van der Waals surface area contributed by atoms with Gasteiger partial charge < -0.3 is 10.4 Å². The summed E-state index contributed by atoms with van der Waals surface area (Å²) in [6.07, 6.45) is 4.46. The van der Waals surface area contributed by atoms with Crippen LogP contribution < -0.4 is 5.32 Å². The van der Waals surface area contributed by atoms with Crippen LogP contribution in [0, 0.1) is 6.92 Å². The third kappa shape index (κ3) is 4.10. The number of amides is 1. The molecule has 0 aliphatic rings. The molecule has 1 aromatic heterocycles. The second-order valence-electron chi connectivity index (χ2n) is 4.63. The molecule has 0 aliphatic carbocycles. The van der Waals surface area contributed by atoms with Crippen molar-refractivity contribution in [3.05, 3.63) is 59.7 Å². The van der Waals surface area contributed by atoms with Crippen LogP contribution in [0.4, 0.5) is 0 Å². The van der Waals surface area contributed by atoms with Crippen LogP contribution in [0.25, 0.3) is 0 Å². The van der Waals surface area contributed by atoms with Gasteiger partial charge >= 0.3 is 5.97 Å². The van der Waals surface area contributed by atoms with E-state index < -0.39 is 17.9 Å². The molecule has 1 aromatic carbocycles. The van der Waals surface area contributed by atoms with E-state index in [1.54, 1.807) is 18.2 Å². The van der Waals surface area contributed by atoms with Gasteiger partial charge in [0, 0.05) is 18.6 Å². The molecule has 1 heterocycles. The van der Waals surface area contributed by atoms with Gasteiger partial charge in [-0.15, -0.1) is 0 Å². The zero-order chi connectivity index (χ0) is 15.2. The van der Waals surface area contributed by atoms with Crippen LogP contribution in [0.2, 0.25) is 0 Å². The second-order valence-corrected chi connectivity index (χ2v) is 4.63. The monoisotopic (exact) mass is 285 g/mol. The van der Waals surface area contributed by atoms with Crippen molar-refractivity contribution in [1.82, 2.24) is 15.3 Å². The van der Waals surface area contributed by atoms with Crippen LogP contribution in [0.15, 0.2) is 42.9 Å². The highest BCUT2D eigenvalue weighted by Gasteiger charge is 2.22. The summed E-state index contributed by atoms with van der Waals surface area (Å²) in [6, 6.07) is 5.96. The lowest BCUT2D eigenvalue weighted by molar-refractivity contribution is -0.142. The summed E-state index contributed by atoms with van der Waals surface area (Å²) < 4.78 is 0. The number of hydrogen-bond acceptors (Lipinski definition) is 4. The molecule has 0 radical (unpaired) electrons. The first-order chi connectivity index (χ1) is 10.1. The van der Waals surface area contributed by atoms with Gasteiger partial charge in [-0.05, 0) is 12.5 Å². The number of carboxylic acid groups (broad SMARTS) is 1. The highest BCUT2D eigenvalue weighted by molar-refractivity contribution is 5.85. The Morgan fingerprint density at radius 2 is 2.14 bits per heavy atom. The molecule has 0 saturated heterocycles. The van der Waals surface area contributed by atoms with E-state index in [0.29, 0.717) is 11.3 Å². The van der Waals surface area contributed by atoms with Crippen molar-refractivity contribution in [2.75, 3.05) is 0 Å². The summed E-state index contributed by atoms with van der Waals surface area (Å²) in [6.45, 7) is 1.86. The first-order valence-electron chi connectivity index (χ1n) is 6.40. The molecule has 0 aliphatic heterocycles. The number of rotatable bonds is 5. The van der Waals surface area contributed by atoms with Gasteiger partial charge in [0.25, 0.3) is 0 Å². The van der Waals surface area contributed by atoms with Crippen LogP contribution in [-0.4, -0.2) is 27.0 Å². The Bertz CT molecular complexity index is 644. The quantitative estimate of drug-likeness (QED) is 0.863. The summed E-state index contributed by atoms with van der Waals surface area (Å²) in [5.41, 5.74) is 1.96. The van der Waals surface area contributed by atoms with Crippen molar-refractivity contribution in [3.63, 3.8) is 0 Å². The molecule has 108 valence electrons. The largest absolute Gasteiger partial charge is 0.479 e. The highest BCUT2D eigenvalue weighted by atomic mass is 16.4. The fourth-order valence-corrected chi connectivity index (χ4v) is 1.94. The molecule has 1 atom stereocenters. The maximum atomic E-state index is 11.9. The number of hydrogen-bond donors (Lipinski definition) is 2. The molecule has 1 amide bonds. The van der Waals surface area contributed by atoms with Gasteiger partial charge in [0.05, 0.1) is 12.1 Å². The minimum Gasteiger partial charge on any atom is -0.479 e. The zero-order valence-electron chi connectivity index (χ0n) is 11.5. The van der Waals surface area contributed by atoms with Gasteiger partial charge in [0.2, 0.25) is 5.91 Å². The Hall–Kier alpha value is -2.76. The third-order valence-electron chi connectivity index (χ3n) is 2.89. The SMILES string of the molecule is Cc1cccc([C@H](NC(=O)Cc2cnccn2)C(=O)O)c1. The van der Waals surface area contributed by atoms with E-state index in [1.807, 2.05) is 13.0 Å². The number of carbonyl (C=O) groups is 2. The number of carbonyl (C=O) groups excluding carboxylic acids is 1. The lowest BCUT2D eigenvalue weighted by atomic mass is 10.0. The average Bonchev–Trinajstić information content (AvgIpc) is 2.45. The van der Waals surface area contributed by atoms with Gasteiger partial charge in [-0.2, -0.15) is 0 Å². The first-order valence-corrected chi connectivity index (χ1v) is 6.40. The van der Waals surface area contributed by atoms with Crippen LogP contribution >= 0.6 is 0 Å². The van der Waals surface area contributed by atoms with Gasteiger partial charge in [-0.25, -0.2) is 4.79 Å². The van der Waals surface area contributed by atoms with Crippen molar-refractivity contribution in [2.24, 2.45) is 0 Å². The molecule has 21 heavy (non-hydrogen) atoms. The van der Waals surface area contributed by atoms with Gasteiger partial charge in [-0.1, -0.05) is 29.8 Å². The van der Waals surface area contributed by atoms with Crippen LogP contribution in [0.1, 0.15) is 22.9 Å². The number of aromatic nitrogens is 2. The lowest BCUT2D eigenvalue weighted by Crippen LogP contribution is -2.34. The summed E-state index contributed by atoms with van der Waals surface area (Å²) >= 11 is 0. The molecule has 0 spiro atoms. The van der Waals surface area contributed by atoms with E-state index in [1.165, 1.54) is 18.6 Å². The molecule has 2 rings (SSSR count). The van der Waals surface area contributed by atoms with Crippen molar-refractivity contribution in [2.45, 2.75) is 19.4 Å². The average molecular weight is 285 g/mol. The van der Waals surface area contributed by atoms with Gasteiger partial charge in [0.15, 0.2) is 6.04 Å². The number of carboxylic acids is 1. The number of aliphatic carboxylic acids is 1. The van der Waals surface area contributed by atoms with Crippen LogP contribution in [0.3, 0.4) is 0 Å². The van der Waals surface area contributed by atoms with Crippen LogP contribution in [-0.2, 0) is 16.0 Å². The molecule has 6 nitrogen and oxygen atoms in total. The Morgan fingerprint density at radius 3 is 2.76 bits per heavy atom. The molecule has 2 N–H and O–H groups in total. The maximum absolute atomic E-state index is 11.9. The van der Waals surface area contributed by atoms with Crippen LogP contribution in [0.5, 0.6) is 0 Å². The second kappa shape index (κ2) is 6.60. The molecule has 0 fully saturated rings. The van der Waals surface area contributed by atoms with E-state index in [9.17, 15) is 14.7 Å². The molecule has 2 aromatic rings. The fourth-order valence-electron chi connectivity index (χ4n) is 1.94. The predicted octanol–water partition coefficient (Wildman–Crippen LogP) is 1.27. The van der Waals surface area contributed by atoms with Gasteiger partial charge in [-0.3, -0.25) is 14.8 Å². The highest BCUT2D eigenvalue weighted by Crippen LogP contribution is 2.15. The molecule has 6 heteroatoms. The van der Waals surface area contributed by atoms with Gasteiger partial charge in [0.1, 0.15) is 0 Å². The predicted molar refractivity (Wildman–Crippen MR) is 75.4 cm³/mol. The summed E-state index contributed by atoms with van der Waals surface area (Å²) in [7, 11) is 0. The van der Waals surface area contributed by atoms with E-state index in [-0.39, 0.29) is 6.42 Å². The zero-order valence-corrected chi connectivity index (χ0v) is 11.5. The molecule has 0 saturated carbocycles. The van der Waals surface area contributed by atoms with Crippen molar-refractivity contribution in [1.29, 1.82) is 0 Å². The molecule has 0 unspecified atom stereocenters. The normalized spacial score (nSPS) is 11.7. The van der Waals surface area contributed by atoms with E-state index in [4.69, 9.17) is 0 Å². The summed E-state index contributed by atoms with van der Waals surface area (Å²) in [5, 5.41) is 11.8. The topological polar surface area (TPSA) is 92.2 Å². The number of benzene rings is 1.